The topological polar surface area (TPSA) is 69.9 Å². The maximum absolute atomic E-state index is 8.15. The van der Waals surface area contributed by atoms with E-state index in [0.29, 0.717) is 6.04 Å². The van der Waals surface area contributed by atoms with Gasteiger partial charge in [0.15, 0.2) is 0 Å². The van der Waals surface area contributed by atoms with Gasteiger partial charge in [-0.05, 0) is 6.04 Å². The maximum Gasteiger partial charge on any atom is 0.671 e. The average Bonchev–Trinajstić information content (AvgIpc) is 1.59. The van der Waals surface area contributed by atoms with Gasteiger partial charge in [-0.2, -0.15) is 0 Å². The van der Waals surface area contributed by atoms with Crippen molar-refractivity contribution < 1.29 is 18.8 Å². The molecule has 0 aromatic heterocycles. The van der Waals surface area contributed by atoms with E-state index in [-0.39, 0.29) is 6.61 Å². The molecule has 0 aliphatic carbocycles. The quantitative estimate of drug-likeness (QED) is 0.408. The zero-order valence-electron chi connectivity index (χ0n) is 4.16. The zero-order valence-corrected chi connectivity index (χ0v) is 6.16. The van der Waals surface area contributed by atoms with E-state index >= 15 is 0 Å². The summed E-state index contributed by atoms with van der Waals surface area (Å²) < 4.78 is 4.14. The van der Waals surface area contributed by atoms with Crippen molar-refractivity contribution in [1.82, 2.24) is 0 Å². The van der Waals surface area contributed by atoms with Crippen LogP contribution in [0.4, 0.5) is 0 Å². The third-order valence-electron chi connectivity index (χ3n) is 0.398. The van der Waals surface area contributed by atoms with Gasteiger partial charge < -0.3 is 18.8 Å². The van der Waals surface area contributed by atoms with E-state index in [9.17, 15) is 0 Å². The van der Waals surface area contributed by atoms with Gasteiger partial charge in [0, 0.05) is 16.8 Å². The summed E-state index contributed by atoms with van der Waals surface area (Å²) in [7, 11) is -1.20. The first-order valence-corrected chi connectivity index (χ1v) is 4.47. The molecule has 3 radical (unpaired) electrons. The highest BCUT2D eigenvalue weighted by molar-refractivity contribution is 6.48. The van der Waals surface area contributed by atoms with Crippen molar-refractivity contribution in [2.45, 2.75) is 6.04 Å². The molecule has 0 aromatic rings. The molecule has 4 nitrogen and oxygen atoms in total. The predicted octanol–water partition coefficient (Wildman–Crippen LogP) is -2.00. The molecule has 0 saturated carbocycles. The fourth-order valence-corrected chi connectivity index (χ4v) is 0.870. The Morgan fingerprint density at radius 1 is 1.38 bits per heavy atom. The van der Waals surface area contributed by atoms with Crippen LogP contribution in [0.3, 0.4) is 0 Å². The largest absolute Gasteiger partial charge is 0.671 e. The second-order valence-corrected chi connectivity index (χ2v) is 3.11. The monoisotopic (exact) mass is 151 g/mol. The lowest BCUT2D eigenvalue weighted by atomic mass is 10.9. The highest BCUT2D eigenvalue weighted by Gasteiger charge is 2.29. The summed E-state index contributed by atoms with van der Waals surface area (Å²) in [5.41, 5.74) is 0. The Kier molecular flexibility index (Phi) is 3.44. The fraction of sp³-hybridized carbons (Fsp3) is 1.00. The first kappa shape index (κ1) is 8.27. The summed E-state index contributed by atoms with van der Waals surface area (Å²) in [6.07, 6.45) is 0. The molecule has 47 valence electrons. The molecule has 6 heteroatoms. The van der Waals surface area contributed by atoms with Crippen molar-refractivity contribution in [3.63, 3.8) is 0 Å². The van der Waals surface area contributed by atoms with Crippen LogP contribution in [0.2, 0.25) is 6.04 Å². The fourth-order valence-electron chi connectivity index (χ4n) is 0.188. The Bertz CT molecular complexity index is 59.5. The third-order valence-corrected chi connectivity index (χ3v) is 1.19. The lowest BCUT2D eigenvalue weighted by Crippen LogP contribution is -2.39. The Hall–Kier alpha value is 0.274. The predicted molar refractivity (Wildman–Crippen MR) is 28.9 cm³/mol. The van der Waals surface area contributed by atoms with E-state index in [4.69, 9.17) is 14.4 Å². The van der Waals surface area contributed by atoms with Crippen molar-refractivity contribution in [3.05, 3.63) is 0 Å². The van der Waals surface area contributed by atoms with Crippen molar-refractivity contribution in [2.24, 2.45) is 0 Å². The van der Waals surface area contributed by atoms with Crippen LogP contribution in [-0.4, -0.2) is 40.3 Å². The normalized spacial score (nSPS) is 12.0. The lowest BCUT2D eigenvalue weighted by Gasteiger charge is -2.07. The number of hydrogen-bond acceptors (Lipinski definition) is 4. The van der Waals surface area contributed by atoms with Gasteiger partial charge in [0.2, 0.25) is 0 Å². The third kappa shape index (κ3) is 6.27. The van der Waals surface area contributed by atoms with Crippen molar-refractivity contribution in [3.8, 4) is 0 Å². The summed E-state index contributed by atoms with van der Waals surface area (Å²) in [5.74, 6) is 0. The van der Waals surface area contributed by atoms with Crippen LogP contribution in [0.25, 0.3) is 0 Å². The molecule has 0 saturated heterocycles. The van der Waals surface area contributed by atoms with Gasteiger partial charge in [-0.3, -0.25) is 0 Å². The van der Waals surface area contributed by atoms with Gasteiger partial charge >= 0.3 is 9.05 Å². The second-order valence-electron chi connectivity index (χ2n) is 1.17. The van der Waals surface area contributed by atoms with Crippen LogP contribution >= 0.6 is 0 Å². The van der Waals surface area contributed by atoms with E-state index in [1.54, 1.807) is 0 Å². The molecule has 0 atom stereocenters. The Morgan fingerprint density at radius 2 is 1.88 bits per heavy atom. The summed E-state index contributed by atoms with van der Waals surface area (Å²) in [6.45, 7) is 0.104. The summed E-state index contributed by atoms with van der Waals surface area (Å²) in [5, 5.41) is 0. The van der Waals surface area contributed by atoms with E-state index in [2.05, 4.69) is 14.7 Å². The highest BCUT2D eigenvalue weighted by Crippen LogP contribution is 1.88. The van der Waals surface area contributed by atoms with Crippen molar-refractivity contribution in [1.29, 1.82) is 0 Å². The van der Waals surface area contributed by atoms with Crippen LogP contribution in [0.1, 0.15) is 0 Å². The molecule has 0 spiro atoms. The molecule has 0 bridgehead atoms. The van der Waals surface area contributed by atoms with E-state index < -0.39 is 9.05 Å². The molecule has 0 aliphatic rings. The van der Waals surface area contributed by atoms with E-state index in [1.165, 1.54) is 0 Å². The Morgan fingerprint density at radius 3 is 2.00 bits per heavy atom. The standard InChI is InChI=1S/C2H7O4Si2/c3-8(4,5)6-1-2-7/h3-5H,1-2H2. The molecule has 0 amide bonds. The van der Waals surface area contributed by atoms with Gasteiger partial charge in [0.25, 0.3) is 0 Å². The van der Waals surface area contributed by atoms with Crippen LogP contribution in [0, 0.1) is 0 Å². The molecule has 0 fully saturated rings. The lowest BCUT2D eigenvalue weighted by molar-refractivity contribution is 0.0688. The van der Waals surface area contributed by atoms with Crippen LogP contribution < -0.4 is 0 Å². The molecule has 8 heavy (non-hydrogen) atoms. The van der Waals surface area contributed by atoms with Crippen molar-refractivity contribution in [2.75, 3.05) is 6.61 Å². The minimum Gasteiger partial charge on any atom is -0.368 e. The summed E-state index contributed by atoms with van der Waals surface area (Å²) in [6, 6.07) is 0.469. The molecule has 0 aliphatic heterocycles. The molecular weight excluding hydrogens is 144 g/mol. The summed E-state index contributed by atoms with van der Waals surface area (Å²) in [4.78, 5) is 24.5. The molecule has 0 heterocycles. The Labute approximate surface area is 51.6 Å². The van der Waals surface area contributed by atoms with Crippen molar-refractivity contribution >= 4 is 19.3 Å². The number of rotatable bonds is 3. The van der Waals surface area contributed by atoms with Gasteiger partial charge in [-0.15, -0.1) is 0 Å². The molecular formula is C2H7O4Si2. The number of hydrogen-bond donors (Lipinski definition) is 3. The zero-order chi connectivity index (χ0) is 6.62. The van der Waals surface area contributed by atoms with Crippen LogP contribution in [0.5, 0.6) is 0 Å². The molecule has 3 N–H and O–H groups in total. The Balaban J connectivity index is 3.11. The average molecular weight is 151 g/mol. The highest BCUT2D eigenvalue weighted by atomic mass is 28.4. The first-order chi connectivity index (χ1) is 3.56. The van der Waals surface area contributed by atoms with Gasteiger partial charge in [-0.25, -0.2) is 0 Å². The van der Waals surface area contributed by atoms with Gasteiger partial charge in [0.1, 0.15) is 0 Å². The second kappa shape index (κ2) is 3.33. The first-order valence-electron chi connectivity index (χ1n) is 2.02. The molecule has 0 rings (SSSR count). The molecule has 0 unspecified atom stereocenters. The van der Waals surface area contributed by atoms with Crippen LogP contribution in [0.15, 0.2) is 0 Å². The van der Waals surface area contributed by atoms with E-state index in [1.807, 2.05) is 0 Å². The van der Waals surface area contributed by atoms with E-state index in [0.717, 1.165) is 0 Å². The smallest absolute Gasteiger partial charge is 0.368 e. The SMILES string of the molecule is O[Si](O)(O)OCC[Si]. The minimum absolute atomic E-state index is 0.104. The molecule has 0 aromatic carbocycles. The van der Waals surface area contributed by atoms with Gasteiger partial charge in [-0.1, -0.05) is 0 Å². The maximum atomic E-state index is 8.15. The summed E-state index contributed by atoms with van der Waals surface area (Å²) >= 11 is 0. The minimum atomic E-state index is -4.21. The van der Waals surface area contributed by atoms with Crippen LogP contribution in [-0.2, 0) is 4.43 Å². The van der Waals surface area contributed by atoms with Gasteiger partial charge in [0.05, 0.1) is 0 Å².